The highest BCUT2D eigenvalue weighted by molar-refractivity contribution is 7.25. The second-order valence-corrected chi connectivity index (χ2v) is 34.8. The number of anilines is 12. The van der Waals surface area contributed by atoms with E-state index in [0.717, 1.165) is 78.6 Å². The van der Waals surface area contributed by atoms with E-state index in [0.29, 0.717) is 0 Å². The van der Waals surface area contributed by atoms with Gasteiger partial charge >= 0.3 is 0 Å². The van der Waals surface area contributed by atoms with Crippen molar-refractivity contribution >= 4 is 122 Å². The Kier molecular flexibility index (Phi) is 17.6. The summed E-state index contributed by atoms with van der Waals surface area (Å²) < 4.78 is 8.82. The number of hydrogen-bond donors (Lipinski definition) is 0. The van der Waals surface area contributed by atoms with Crippen LogP contribution in [-0.4, -0.2) is 0 Å². The smallest absolute Gasteiger partial charge is 0.135 e. The predicted molar refractivity (Wildman–Crippen MR) is 535 cm³/mol. The van der Waals surface area contributed by atoms with Crippen LogP contribution < -0.4 is 19.6 Å². The highest BCUT2D eigenvalue weighted by atomic mass is 32.1. The van der Waals surface area contributed by atoms with Crippen LogP contribution in [-0.2, 0) is 10.8 Å². The lowest BCUT2D eigenvalue weighted by molar-refractivity contribution is 0.669. The number of thiophene rings is 1. The number of hydrogen-bond acceptors (Lipinski definition) is 6. The third-order valence-electron chi connectivity index (χ3n) is 26.9. The molecule has 0 saturated carbocycles. The zero-order valence-corrected chi connectivity index (χ0v) is 70.6. The minimum atomic E-state index is -0.566. The van der Waals surface area contributed by atoms with Crippen molar-refractivity contribution in [1.82, 2.24) is 0 Å². The van der Waals surface area contributed by atoms with Crippen LogP contribution in [0.1, 0.15) is 44.5 Å². The Morgan fingerprint density at radius 3 is 0.922 bits per heavy atom. The average Bonchev–Trinajstić information content (AvgIpc) is 1.09. The van der Waals surface area contributed by atoms with Gasteiger partial charge in [-0.05, 0) is 269 Å². The molecule has 600 valence electrons. The molecule has 0 radical (unpaired) electrons. The van der Waals surface area contributed by atoms with Crippen molar-refractivity contribution in [3.63, 3.8) is 0 Å². The van der Waals surface area contributed by atoms with E-state index in [2.05, 4.69) is 493 Å². The topological polar surface area (TPSA) is 26.1 Å². The Bertz CT molecular complexity index is 7490. The number of benzene rings is 20. The van der Waals surface area contributed by atoms with Gasteiger partial charge in [-0.25, -0.2) is 0 Å². The normalized spacial score (nSPS) is 13.1. The Hall–Kier alpha value is -16.4. The summed E-state index contributed by atoms with van der Waals surface area (Å²) in [5.41, 5.74) is 39.2. The molecule has 0 amide bonds. The van der Waals surface area contributed by atoms with E-state index in [4.69, 9.17) is 4.42 Å². The summed E-state index contributed by atoms with van der Waals surface area (Å²) in [5, 5.41) is 4.89. The summed E-state index contributed by atoms with van der Waals surface area (Å²) in [6, 6.07) is 178. The molecular formula is C122H80N4OS. The molecule has 0 saturated heterocycles. The summed E-state index contributed by atoms with van der Waals surface area (Å²) in [5.74, 6) is 0. The molecule has 2 aliphatic heterocycles. The van der Waals surface area contributed by atoms with E-state index in [1.54, 1.807) is 0 Å². The first-order chi connectivity index (χ1) is 63.5. The van der Waals surface area contributed by atoms with Gasteiger partial charge in [0.15, 0.2) is 0 Å². The van der Waals surface area contributed by atoms with Crippen molar-refractivity contribution in [3.05, 3.63) is 530 Å². The second kappa shape index (κ2) is 30.3. The van der Waals surface area contributed by atoms with Crippen molar-refractivity contribution in [1.29, 1.82) is 0 Å². The van der Waals surface area contributed by atoms with Crippen LogP contribution in [0.15, 0.2) is 490 Å². The van der Waals surface area contributed by atoms with Crippen LogP contribution in [0.4, 0.5) is 68.2 Å². The lowest BCUT2D eigenvalue weighted by Crippen LogP contribution is -2.36. The first-order valence-corrected chi connectivity index (χ1v) is 44.8. The van der Waals surface area contributed by atoms with Gasteiger partial charge in [0.1, 0.15) is 11.2 Å². The summed E-state index contributed by atoms with van der Waals surface area (Å²) in [7, 11) is 0. The van der Waals surface area contributed by atoms with E-state index in [9.17, 15) is 0 Å². The summed E-state index contributed by atoms with van der Waals surface area (Å²) in [6.07, 6.45) is 0. The molecule has 4 heterocycles. The maximum Gasteiger partial charge on any atom is 0.135 e. The van der Waals surface area contributed by atoms with Crippen LogP contribution in [0, 0.1) is 0 Å². The first-order valence-electron chi connectivity index (χ1n) is 44.0. The van der Waals surface area contributed by atoms with Crippen molar-refractivity contribution in [2.75, 3.05) is 19.6 Å². The van der Waals surface area contributed by atoms with Crippen LogP contribution >= 0.6 is 11.3 Å². The highest BCUT2D eigenvalue weighted by Gasteiger charge is 2.54. The molecule has 0 bridgehead atoms. The Balaban J connectivity index is 0.000000139. The van der Waals surface area contributed by atoms with E-state index >= 15 is 0 Å². The van der Waals surface area contributed by atoms with E-state index in [1.807, 2.05) is 23.5 Å². The van der Waals surface area contributed by atoms with Gasteiger partial charge < -0.3 is 24.0 Å². The quantitative estimate of drug-likeness (QED) is 0.121. The van der Waals surface area contributed by atoms with Crippen molar-refractivity contribution < 1.29 is 4.42 Å². The van der Waals surface area contributed by atoms with Gasteiger partial charge in [0.25, 0.3) is 0 Å². The summed E-state index contributed by atoms with van der Waals surface area (Å²) in [6.45, 7) is 0. The number of nitrogens with zero attached hydrogens (tertiary/aromatic N) is 4. The van der Waals surface area contributed by atoms with Crippen LogP contribution in [0.2, 0.25) is 0 Å². The molecule has 22 aromatic rings. The van der Waals surface area contributed by atoms with Crippen LogP contribution in [0.25, 0.3) is 109 Å². The van der Waals surface area contributed by atoms with E-state index in [1.165, 1.54) is 143 Å². The second-order valence-electron chi connectivity index (χ2n) is 33.7. The summed E-state index contributed by atoms with van der Waals surface area (Å²) >= 11 is 1.86. The minimum absolute atomic E-state index is 0.558. The Labute approximate surface area is 747 Å². The fourth-order valence-corrected chi connectivity index (χ4v) is 22.4. The molecule has 128 heavy (non-hydrogen) atoms. The first kappa shape index (κ1) is 74.3. The summed E-state index contributed by atoms with van der Waals surface area (Å²) in [4.78, 5) is 9.73. The molecule has 0 fully saturated rings. The monoisotopic (exact) mass is 1650 g/mol. The average molecular weight is 1650 g/mol. The number of para-hydroxylation sites is 7. The molecule has 26 rings (SSSR count). The molecule has 0 N–H and O–H groups in total. The largest absolute Gasteiger partial charge is 0.456 e. The fraction of sp³-hybridized carbons (Fsp3) is 0.0164. The predicted octanol–water partition coefficient (Wildman–Crippen LogP) is 33.5. The number of fused-ring (bicyclic) bond motifs is 24. The molecule has 5 nitrogen and oxygen atoms in total. The van der Waals surface area contributed by atoms with Gasteiger partial charge in [-0.15, -0.1) is 11.3 Å². The Morgan fingerprint density at radius 1 is 0.188 bits per heavy atom. The third-order valence-corrected chi connectivity index (χ3v) is 28.1. The van der Waals surface area contributed by atoms with Gasteiger partial charge in [-0.3, -0.25) is 0 Å². The number of furan rings is 1. The van der Waals surface area contributed by atoms with Gasteiger partial charge in [-0.2, -0.15) is 0 Å². The number of rotatable bonds is 12. The molecule has 4 aliphatic rings. The maximum atomic E-state index is 6.18. The zero-order valence-electron chi connectivity index (χ0n) is 69.8. The van der Waals surface area contributed by atoms with Gasteiger partial charge in [0.05, 0.1) is 33.6 Å². The lowest BCUT2D eigenvalue weighted by Gasteiger charge is -2.45. The molecule has 0 atom stereocenters. The van der Waals surface area contributed by atoms with E-state index < -0.39 is 10.8 Å². The van der Waals surface area contributed by atoms with Crippen molar-refractivity contribution in [2.45, 2.75) is 10.8 Å². The fourth-order valence-electron chi connectivity index (χ4n) is 21.4. The molecule has 2 aromatic heterocycles. The third kappa shape index (κ3) is 11.8. The highest BCUT2D eigenvalue weighted by Crippen LogP contribution is 2.67. The molecule has 2 aliphatic carbocycles. The standard InChI is InChI=1S/C61H40N2O.C61H40N2S/c2*1-3-15-41(16-4-1)42-27-32-46(33-28-42)62(47-34-29-43(30-35-47)44-31-38-60-52(39-44)51-20-8-14-26-59(51)64-60)48-36-37-50-49-19-7-9-21-53(49)61(56(50)40-48)54-22-10-12-24-57(54)63(45-17-5-2-6-18-45)58-25-13-11-23-55(58)61/h2*1-40H. The van der Waals surface area contributed by atoms with Crippen molar-refractivity contribution in [3.8, 4) is 66.8 Å². The van der Waals surface area contributed by atoms with Crippen LogP contribution in [0.3, 0.4) is 0 Å². The minimum Gasteiger partial charge on any atom is -0.456 e. The lowest BCUT2D eigenvalue weighted by atomic mass is 9.64. The Morgan fingerprint density at radius 2 is 0.484 bits per heavy atom. The molecule has 6 heteroatoms. The molecule has 0 unspecified atom stereocenters. The SMILES string of the molecule is c1ccc(-c2ccc(N(c3ccc(-c4ccc5oc6ccccc6c5c4)cc3)c3ccc4c(c3)C3(c5ccccc5-4)c4ccccc4N(c4ccccc4)c4ccccc43)cc2)cc1.c1ccc(-c2ccc(N(c3ccc(-c4ccc5sc6ccccc6c5c4)cc3)c3ccc4c(c3)C3(c5ccccc5-4)c4ccccc4N(c4ccccc4)c4ccccc43)cc2)cc1. The maximum absolute atomic E-state index is 6.18. The van der Waals surface area contributed by atoms with Gasteiger partial charge in [-0.1, -0.05) is 328 Å². The van der Waals surface area contributed by atoms with Crippen molar-refractivity contribution in [2.24, 2.45) is 0 Å². The molecular weight excluding hydrogens is 1570 g/mol. The van der Waals surface area contributed by atoms with E-state index in [-0.39, 0.29) is 0 Å². The van der Waals surface area contributed by atoms with Crippen LogP contribution in [0.5, 0.6) is 0 Å². The molecule has 2 spiro atoms. The van der Waals surface area contributed by atoms with Gasteiger partial charge in [0.2, 0.25) is 0 Å². The molecule has 20 aromatic carbocycles. The van der Waals surface area contributed by atoms with Gasteiger partial charge in [0, 0.05) is 76.4 Å². The zero-order chi connectivity index (χ0) is 84.4.